The fourth-order valence-corrected chi connectivity index (χ4v) is 1.92. The monoisotopic (exact) mass is 304 g/mol. The highest BCUT2D eigenvalue weighted by atomic mass is 19.1. The topological polar surface area (TPSA) is 58.2 Å². The van der Waals surface area contributed by atoms with Crippen LogP contribution in [0.4, 0.5) is 19.3 Å². The molecule has 4 nitrogen and oxygen atoms in total. The zero-order valence-electron chi connectivity index (χ0n) is 12.0. The van der Waals surface area contributed by atoms with Crippen molar-refractivity contribution in [3.63, 3.8) is 0 Å². The van der Waals surface area contributed by atoms with E-state index in [9.17, 15) is 18.4 Å². The summed E-state index contributed by atoms with van der Waals surface area (Å²) in [4.78, 5) is 23.6. The number of carbonyl (C=O) groups excluding carboxylic acids is 2. The number of carbonyl (C=O) groups is 2. The number of aryl methyl sites for hydroxylation is 1. The van der Waals surface area contributed by atoms with Crippen molar-refractivity contribution in [2.24, 2.45) is 0 Å². The maximum atomic E-state index is 13.5. The zero-order chi connectivity index (χ0) is 16.3. The smallest absolute Gasteiger partial charge is 0.307 e. The Morgan fingerprint density at radius 2 is 1.55 bits per heavy atom. The van der Waals surface area contributed by atoms with Crippen molar-refractivity contribution in [1.29, 1.82) is 0 Å². The maximum Gasteiger partial charge on any atom is 0.326 e. The number of urea groups is 1. The molecule has 0 aliphatic heterocycles. The van der Waals surface area contributed by atoms with E-state index in [2.05, 4.69) is 5.32 Å². The van der Waals surface area contributed by atoms with Crippen molar-refractivity contribution in [3.05, 3.63) is 64.7 Å². The first-order valence-corrected chi connectivity index (χ1v) is 6.52. The van der Waals surface area contributed by atoms with Gasteiger partial charge >= 0.3 is 6.03 Å². The second kappa shape index (κ2) is 6.34. The summed E-state index contributed by atoms with van der Waals surface area (Å²) in [5.41, 5.74) is 1.52. The molecule has 0 aliphatic carbocycles. The summed E-state index contributed by atoms with van der Waals surface area (Å²) in [7, 11) is 0. The average molecular weight is 304 g/mol. The van der Waals surface area contributed by atoms with Crippen LogP contribution in [0.25, 0.3) is 0 Å². The molecular weight excluding hydrogens is 290 g/mol. The van der Waals surface area contributed by atoms with Crippen LogP contribution in [0.2, 0.25) is 0 Å². The van der Waals surface area contributed by atoms with E-state index in [1.54, 1.807) is 12.1 Å². The molecule has 0 fully saturated rings. The van der Waals surface area contributed by atoms with E-state index in [4.69, 9.17) is 0 Å². The number of benzene rings is 2. The lowest BCUT2D eigenvalue weighted by Crippen LogP contribution is -2.35. The van der Waals surface area contributed by atoms with Crippen LogP contribution in [0.1, 0.15) is 21.5 Å². The van der Waals surface area contributed by atoms with Crippen molar-refractivity contribution in [2.45, 2.75) is 13.8 Å². The van der Waals surface area contributed by atoms with Gasteiger partial charge in [-0.3, -0.25) is 10.1 Å². The minimum absolute atomic E-state index is 0.513. The van der Waals surface area contributed by atoms with Crippen LogP contribution in [0.5, 0.6) is 0 Å². The highest BCUT2D eigenvalue weighted by molar-refractivity contribution is 6.08. The predicted octanol–water partition coefficient (Wildman–Crippen LogP) is 3.54. The fourth-order valence-electron chi connectivity index (χ4n) is 1.92. The van der Waals surface area contributed by atoms with Crippen LogP contribution in [0, 0.1) is 25.5 Å². The minimum atomic E-state index is -1.14. The zero-order valence-corrected chi connectivity index (χ0v) is 12.0. The Morgan fingerprint density at radius 1 is 0.955 bits per heavy atom. The molecule has 2 rings (SSSR count). The van der Waals surface area contributed by atoms with E-state index < -0.39 is 29.1 Å². The molecular formula is C16H14F2N2O2. The number of halogens is 2. The summed E-state index contributed by atoms with van der Waals surface area (Å²) < 4.78 is 26.9. The third-order valence-electron chi connectivity index (χ3n) is 3.27. The van der Waals surface area contributed by atoms with Gasteiger partial charge in [0.2, 0.25) is 0 Å². The molecule has 3 amide bonds. The Balaban J connectivity index is 2.12. The van der Waals surface area contributed by atoms with Gasteiger partial charge in [0.15, 0.2) is 0 Å². The number of hydrogen-bond acceptors (Lipinski definition) is 2. The molecule has 114 valence electrons. The second-order valence-corrected chi connectivity index (χ2v) is 4.75. The second-order valence-electron chi connectivity index (χ2n) is 4.75. The van der Waals surface area contributed by atoms with Crippen LogP contribution in [-0.4, -0.2) is 11.9 Å². The van der Waals surface area contributed by atoms with Gasteiger partial charge in [-0.1, -0.05) is 18.2 Å². The Morgan fingerprint density at radius 3 is 2.18 bits per heavy atom. The molecule has 0 spiro atoms. The number of hydrogen-bond donors (Lipinski definition) is 2. The normalized spacial score (nSPS) is 10.2. The molecule has 2 aromatic rings. The number of imide groups is 1. The lowest BCUT2D eigenvalue weighted by Gasteiger charge is -2.11. The van der Waals surface area contributed by atoms with Gasteiger partial charge in [0.25, 0.3) is 5.91 Å². The fraction of sp³-hybridized carbons (Fsp3) is 0.125. The van der Waals surface area contributed by atoms with Gasteiger partial charge in [-0.25, -0.2) is 13.6 Å². The minimum Gasteiger partial charge on any atom is -0.307 e. The quantitative estimate of drug-likeness (QED) is 0.891. The molecule has 0 aromatic heterocycles. The summed E-state index contributed by atoms with van der Waals surface area (Å²) >= 11 is 0. The number of amides is 3. The van der Waals surface area contributed by atoms with Gasteiger partial charge in [0.1, 0.15) is 17.2 Å². The van der Waals surface area contributed by atoms with Crippen molar-refractivity contribution >= 4 is 17.6 Å². The van der Waals surface area contributed by atoms with E-state index in [-0.39, 0.29) is 0 Å². The Kier molecular flexibility index (Phi) is 4.50. The Labute approximate surface area is 126 Å². The van der Waals surface area contributed by atoms with Gasteiger partial charge in [0, 0.05) is 5.69 Å². The van der Waals surface area contributed by atoms with Crippen molar-refractivity contribution in [3.8, 4) is 0 Å². The molecule has 0 radical (unpaired) electrons. The number of anilines is 1. The lowest BCUT2D eigenvalue weighted by molar-refractivity contribution is 0.0959. The summed E-state index contributed by atoms with van der Waals surface area (Å²) in [6, 6.07) is 7.45. The first-order chi connectivity index (χ1) is 10.4. The van der Waals surface area contributed by atoms with E-state index in [1.165, 1.54) is 0 Å². The first-order valence-electron chi connectivity index (χ1n) is 6.52. The van der Waals surface area contributed by atoms with Gasteiger partial charge in [-0.2, -0.15) is 0 Å². The van der Waals surface area contributed by atoms with Gasteiger partial charge in [-0.05, 0) is 43.2 Å². The van der Waals surface area contributed by atoms with Crippen molar-refractivity contribution < 1.29 is 18.4 Å². The molecule has 0 unspecified atom stereocenters. The van der Waals surface area contributed by atoms with Crippen LogP contribution < -0.4 is 10.6 Å². The van der Waals surface area contributed by atoms with Gasteiger partial charge in [-0.15, -0.1) is 0 Å². The molecule has 2 N–H and O–H groups in total. The van der Waals surface area contributed by atoms with Gasteiger partial charge < -0.3 is 5.32 Å². The molecule has 0 heterocycles. The van der Waals surface area contributed by atoms with Crippen LogP contribution in [-0.2, 0) is 0 Å². The molecule has 22 heavy (non-hydrogen) atoms. The van der Waals surface area contributed by atoms with Gasteiger partial charge in [0.05, 0.1) is 0 Å². The average Bonchev–Trinajstić information content (AvgIpc) is 2.43. The van der Waals surface area contributed by atoms with E-state index in [1.807, 2.05) is 25.2 Å². The Bertz CT molecular complexity index is 725. The van der Waals surface area contributed by atoms with Crippen molar-refractivity contribution in [2.75, 3.05) is 5.32 Å². The summed E-state index contributed by atoms with van der Waals surface area (Å²) in [5.74, 6) is -3.20. The van der Waals surface area contributed by atoms with E-state index in [0.717, 1.165) is 29.3 Å². The molecule has 0 aliphatic rings. The molecule has 0 bridgehead atoms. The maximum absolute atomic E-state index is 13.5. The molecule has 0 saturated carbocycles. The third kappa shape index (κ3) is 3.28. The van der Waals surface area contributed by atoms with E-state index in [0.29, 0.717) is 5.69 Å². The number of rotatable bonds is 2. The lowest BCUT2D eigenvalue weighted by atomic mass is 10.1. The Hall–Kier alpha value is -2.76. The first kappa shape index (κ1) is 15.6. The van der Waals surface area contributed by atoms with Crippen LogP contribution in [0.3, 0.4) is 0 Å². The summed E-state index contributed by atoms with van der Waals surface area (Å²) in [6.45, 7) is 3.68. The highest BCUT2D eigenvalue weighted by Gasteiger charge is 2.19. The molecule has 2 aromatic carbocycles. The highest BCUT2D eigenvalue weighted by Crippen LogP contribution is 2.18. The predicted molar refractivity (Wildman–Crippen MR) is 78.8 cm³/mol. The summed E-state index contributed by atoms with van der Waals surface area (Å²) in [6.07, 6.45) is 0. The standard InChI is InChI=1S/C16H14F2N2O2/c1-9-5-3-8-13(10(9)2)19-16(22)20-15(21)14-11(17)6-4-7-12(14)18/h3-8H,1-2H3,(H2,19,20,21,22). The molecule has 6 heteroatoms. The van der Waals surface area contributed by atoms with Crippen LogP contribution >= 0.6 is 0 Å². The number of nitrogens with one attached hydrogen (secondary N) is 2. The third-order valence-corrected chi connectivity index (χ3v) is 3.27. The van der Waals surface area contributed by atoms with Crippen molar-refractivity contribution in [1.82, 2.24) is 5.32 Å². The summed E-state index contributed by atoms with van der Waals surface area (Å²) in [5, 5.41) is 4.38. The largest absolute Gasteiger partial charge is 0.326 e. The van der Waals surface area contributed by atoms with E-state index >= 15 is 0 Å². The van der Waals surface area contributed by atoms with Crippen LogP contribution in [0.15, 0.2) is 36.4 Å². The molecule has 0 atom stereocenters. The molecule has 0 saturated heterocycles. The SMILES string of the molecule is Cc1cccc(NC(=O)NC(=O)c2c(F)cccc2F)c1C.